The fraction of sp³-hybridized carbons (Fsp3) is 0.526. The number of thiophene rings is 7. The largest absolute Gasteiger partial charge is 0.337 e. The molecule has 0 fully saturated rings. The number of aromatic nitrogens is 2. The number of rotatable bonds is 38. The summed E-state index contributed by atoms with van der Waals surface area (Å²) in [6.45, 7) is 36.2. The lowest BCUT2D eigenvalue weighted by atomic mass is 9.99. The number of hydrogen-bond acceptors (Lipinski definition) is 9. The number of allylic oxidation sites excluding steroid dienone is 2. The van der Waals surface area contributed by atoms with Gasteiger partial charge in [0.05, 0.1) is 66.1 Å². The standard InChI is InChI=1S/C76H94N6S7/c1-11-19-25-29-35-53-39-67(83-61(53)43-57(47-77)79-9)71-55(37-31-27-21-13-3)41-63(85-71)65-45-59-73(87-65)75-69(81(59)49-51(17-7)33-23-15-5)70-76(89-75)74-60(82(70)50-52(18-8)34-24-16-6)46-66(88-74)64-42-56(38-32-28-22-14-4)72(86-64)68-40-54(36-30-26-20-12-2)62(84-68)44-58(48-78)80-10/h39-46,51-52H,11-38,49-50H2,1-8H3/b57-43-,58-44+. The smallest absolute Gasteiger partial charge is 0.263 e. The topological polar surface area (TPSA) is 66.2 Å². The first-order valence-electron chi connectivity index (χ1n) is 34.1. The minimum Gasteiger partial charge on any atom is -0.337 e. The van der Waals surface area contributed by atoms with E-state index in [2.05, 4.69) is 134 Å². The van der Waals surface area contributed by atoms with Crippen molar-refractivity contribution in [3.63, 3.8) is 0 Å². The molecule has 0 saturated heterocycles. The summed E-state index contributed by atoms with van der Waals surface area (Å²) < 4.78 is 11.4. The van der Waals surface area contributed by atoms with Crippen LogP contribution in [0, 0.1) is 47.6 Å². The Labute approximate surface area is 561 Å². The molecule has 9 aromatic rings. The van der Waals surface area contributed by atoms with Gasteiger partial charge in [-0.15, -0.1) is 79.4 Å². The van der Waals surface area contributed by atoms with E-state index in [4.69, 9.17) is 13.1 Å². The average Bonchev–Trinajstić information content (AvgIpc) is 1.55. The maximum Gasteiger partial charge on any atom is 0.263 e. The third kappa shape index (κ3) is 16.2. The molecule has 0 N–H and O–H groups in total. The summed E-state index contributed by atoms with van der Waals surface area (Å²) in [6.07, 6.45) is 36.6. The van der Waals surface area contributed by atoms with Gasteiger partial charge in [0.15, 0.2) is 0 Å². The molecule has 0 amide bonds. The zero-order valence-corrected chi connectivity index (χ0v) is 60.2. The second-order valence-electron chi connectivity index (χ2n) is 24.8. The van der Waals surface area contributed by atoms with Crippen LogP contribution in [0.2, 0.25) is 0 Å². The van der Waals surface area contributed by atoms with Gasteiger partial charge in [0.2, 0.25) is 0 Å². The molecule has 2 unspecified atom stereocenters. The molecule has 89 heavy (non-hydrogen) atoms. The minimum atomic E-state index is 0.159. The predicted octanol–water partition coefficient (Wildman–Crippen LogP) is 27.5. The Hall–Kier alpha value is -5.06. The van der Waals surface area contributed by atoms with Crippen molar-refractivity contribution < 1.29 is 0 Å². The highest BCUT2D eigenvalue weighted by atomic mass is 32.1. The van der Waals surface area contributed by atoms with E-state index in [1.807, 2.05) is 57.5 Å². The predicted molar refractivity (Wildman–Crippen MR) is 398 cm³/mol. The van der Waals surface area contributed by atoms with E-state index in [0.717, 1.165) is 74.2 Å². The zero-order valence-electron chi connectivity index (χ0n) is 54.5. The van der Waals surface area contributed by atoms with Gasteiger partial charge in [0.1, 0.15) is 0 Å². The molecule has 0 saturated carbocycles. The summed E-state index contributed by atoms with van der Waals surface area (Å²) in [6, 6.07) is 19.4. The Morgan fingerprint density at radius 3 is 1.10 bits per heavy atom. The third-order valence-electron chi connectivity index (χ3n) is 18.2. The van der Waals surface area contributed by atoms with Crippen LogP contribution in [0.25, 0.3) is 102 Å². The van der Waals surface area contributed by atoms with E-state index in [1.165, 1.54) is 231 Å². The number of nitrogens with zero attached hydrogens (tertiary/aromatic N) is 6. The van der Waals surface area contributed by atoms with E-state index in [0.29, 0.717) is 11.8 Å². The molecule has 13 heteroatoms. The summed E-state index contributed by atoms with van der Waals surface area (Å²) >= 11 is 13.6. The van der Waals surface area contributed by atoms with Crippen LogP contribution in [-0.2, 0) is 38.8 Å². The fourth-order valence-corrected chi connectivity index (χ4v) is 22.0. The summed E-state index contributed by atoms with van der Waals surface area (Å²) in [4.78, 5) is 20.0. The molecule has 0 aromatic carbocycles. The molecule has 0 radical (unpaired) electrons. The van der Waals surface area contributed by atoms with E-state index >= 15 is 0 Å². The molecule has 0 aliphatic rings. The molecule has 9 rings (SSSR count). The van der Waals surface area contributed by atoms with Crippen molar-refractivity contribution >= 4 is 132 Å². The van der Waals surface area contributed by atoms with E-state index < -0.39 is 0 Å². The van der Waals surface area contributed by atoms with Gasteiger partial charge >= 0.3 is 0 Å². The molecule has 9 aromatic heterocycles. The van der Waals surface area contributed by atoms with Crippen LogP contribution in [0.15, 0.2) is 47.8 Å². The SMILES string of the molecule is [C-]#[N+]/C(C#N)=C\c1sc(-c2sc(-c3cc4c(s3)c3sc5c6sc(-c7cc(CCCCCC)c(-c8cc(CCCCCC)c(/C=C(\C#N)[N+]#[C-])s8)s7)cc6n(CC(CC)CCCC)c5c3n4CC(CC)CCCC)cc2CCCCCC)cc1CCCCCC. The van der Waals surface area contributed by atoms with Gasteiger partial charge in [0.25, 0.3) is 11.4 Å². The van der Waals surface area contributed by atoms with Crippen LogP contribution >= 0.6 is 79.4 Å². The first kappa shape index (κ1) is 68.3. The Morgan fingerprint density at radius 1 is 0.416 bits per heavy atom. The molecule has 470 valence electrons. The van der Waals surface area contributed by atoms with Crippen molar-refractivity contribution in [1.82, 2.24) is 9.13 Å². The maximum atomic E-state index is 9.90. The van der Waals surface area contributed by atoms with Gasteiger partial charge in [-0.25, -0.2) is 20.2 Å². The average molecular weight is 1320 g/mol. The number of aryl methyl sites for hydroxylation is 4. The van der Waals surface area contributed by atoms with E-state index in [9.17, 15) is 10.5 Å². The second kappa shape index (κ2) is 34.0. The van der Waals surface area contributed by atoms with Crippen molar-refractivity contribution in [2.75, 3.05) is 0 Å². The minimum absolute atomic E-state index is 0.159. The van der Waals surface area contributed by atoms with Gasteiger partial charge in [-0.1, -0.05) is 171 Å². The van der Waals surface area contributed by atoms with Crippen LogP contribution in [-0.4, -0.2) is 9.13 Å². The molecular weight excluding hydrogens is 1220 g/mol. The number of unbranched alkanes of at least 4 members (excludes halogenated alkanes) is 14. The molecule has 6 nitrogen and oxygen atoms in total. The van der Waals surface area contributed by atoms with E-state index in [-0.39, 0.29) is 11.4 Å². The van der Waals surface area contributed by atoms with Crippen LogP contribution in [0.1, 0.15) is 241 Å². The summed E-state index contributed by atoms with van der Waals surface area (Å²) in [5.74, 6) is 1.17. The summed E-state index contributed by atoms with van der Waals surface area (Å²) in [5, 5.41) is 19.8. The fourth-order valence-electron chi connectivity index (χ4n) is 13.0. The van der Waals surface area contributed by atoms with Gasteiger partial charge in [-0.2, -0.15) is 0 Å². The van der Waals surface area contributed by atoms with Crippen molar-refractivity contribution in [3.8, 4) is 51.2 Å². The van der Waals surface area contributed by atoms with Crippen molar-refractivity contribution in [2.45, 2.75) is 248 Å². The van der Waals surface area contributed by atoms with Crippen LogP contribution < -0.4 is 0 Å². The van der Waals surface area contributed by atoms with Crippen LogP contribution in [0.5, 0.6) is 0 Å². The summed E-state index contributed by atoms with van der Waals surface area (Å²) in [7, 11) is 0. The first-order valence-corrected chi connectivity index (χ1v) is 39.8. The Morgan fingerprint density at radius 2 is 0.764 bits per heavy atom. The van der Waals surface area contributed by atoms with Crippen molar-refractivity contribution in [1.29, 1.82) is 10.5 Å². The lowest BCUT2D eigenvalue weighted by molar-refractivity contribution is 0.398. The highest BCUT2D eigenvalue weighted by Crippen LogP contribution is 2.55. The summed E-state index contributed by atoms with van der Waals surface area (Å²) in [5.41, 5.74) is 11.4. The van der Waals surface area contributed by atoms with Gasteiger partial charge < -0.3 is 9.13 Å². The number of hydrogen-bond donors (Lipinski definition) is 0. The molecule has 0 bridgehead atoms. The third-order valence-corrected chi connectivity index (χ3v) is 27.3. The lowest BCUT2D eigenvalue weighted by Crippen LogP contribution is -2.12. The monoisotopic (exact) mass is 1310 g/mol. The number of fused-ring (bicyclic) bond motifs is 7. The van der Waals surface area contributed by atoms with Crippen molar-refractivity contribution in [2.24, 2.45) is 11.8 Å². The van der Waals surface area contributed by atoms with Crippen LogP contribution in [0.3, 0.4) is 0 Å². The Kier molecular flexibility index (Phi) is 26.1. The molecule has 0 aliphatic carbocycles. The molecule has 0 spiro atoms. The Bertz CT molecular complexity index is 3730. The lowest BCUT2D eigenvalue weighted by Gasteiger charge is -2.19. The molecule has 9 heterocycles. The van der Waals surface area contributed by atoms with Gasteiger partial charge in [-0.3, -0.25) is 0 Å². The van der Waals surface area contributed by atoms with Gasteiger partial charge in [-0.05, 0) is 147 Å². The van der Waals surface area contributed by atoms with E-state index in [1.54, 1.807) is 22.7 Å². The molecular formula is C76H94N6S7. The maximum absolute atomic E-state index is 9.90. The second-order valence-corrected chi connectivity index (χ2v) is 32.2. The van der Waals surface area contributed by atoms with Gasteiger partial charge in [0, 0.05) is 61.9 Å². The number of nitriles is 2. The highest BCUT2D eigenvalue weighted by molar-refractivity contribution is 7.36. The Balaban J connectivity index is 1.22. The quantitative estimate of drug-likeness (QED) is 0.0220. The van der Waals surface area contributed by atoms with Crippen LogP contribution in [0.4, 0.5) is 0 Å². The van der Waals surface area contributed by atoms with Crippen molar-refractivity contribution in [3.05, 3.63) is 103 Å². The molecule has 0 aliphatic heterocycles. The zero-order chi connectivity index (χ0) is 62.8. The normalized spacial score (nSPS) is 12.9. The molecule has 2 atom stereocenters. The highest BCUT2D eigenvalue weighted by Gasteiger charge is 2.30. The first-order chi connectivity index (χ1) is 43.6.